The van der Waals surface area contributed by atoms with Crippen LogP contribution >= 0.6 is 0 Å². The molecule has 2 aliphatic rings. The number of sulfonamides is 1. The summed E-state index contributed by atoms with van der Waals surface area (Å²) in [6.45, 7) is 0.128. The Bertz CT molecular complexity index is 742. The molecule has 126 valence electrons. The molecule has 1 heterocycles. The van der Waals surface area contributed by atoms with Crippen molar-refractivity contribution in [2.45, 2.75) is 36.6 Å². The molecule has 1 atom stereocenters. The van der Waals surface area contributed by atoms with Crippen molar-refractivity contribution in [3.63, 3.8) is 0 Å². The van der Waals surface area contributed by atoms with Crippen molar-refractivity contribution in [2.24, 2.45) is 5.41 Å². The van der Waals surface area contributed by atoms with Crippen molar-refractivity contribution >= 4 is 16.0 Å². The Morgan fingerprint density at radius 3 is 2.61 bits per heavy atom. The zero-order valence-corrected chi connectivity index (χ0v) is 13.5. The molecule has 1 aromatic rings. The number of nitrogens with zero attached hydrogens (tertiary/aromatic N) is 1. The average molecular weight is 343 g/mol. The van der Waals surface area contributed by atoms with Crippen LogP contribution in [0.15, 0.2) is 23.1 Å². The van der Waals surface area contributed by atoms with E-state index in [1.807, 2.05) is 0 Å². The number of carbonyl (C=O) groups is 1. The summed E-state index contributed by atoms with van der Waals surface area (Å²) in [4.78, 5) is 11.1. The Morgan fingerprint density at radius 2 is 2.04 bits per heavy atom. The van der Waals surface area contributed by atoms with Gasteiger partial charge in [-0.2, -0.15) is 4.31 Å². The highest BCUT2D eigenvalue weighted by Gasteiger charge is 2.61. The number of ether oxygens (including phenoxy) is 1. The van der Waals surface area contributed by atoms with E-state index in [-0.39, 0.29) is 12.3 Å². The van der Waals surface area contributed by atoms with E-state index in [0.29, 0.717) is 12.8 Å². The van der Waals surface area contributed by atoms with E-state index in [4.69, 9.17) is 4.74 Å². The topological polar surface area (TPSA) is 83.9 Å². The zero-order valence-electron chi connectivity index (χ0n) is 12.7. The zero-order chi connectivity index (χ0) is 16.8. The van der Waals surface area contributed by atoms with E-state index in [2.05, 4.69) is 0 Å². The van der Waals surface area contributed by atoms with Crippen LogP contribution in [0.1, 0.15) is 25.7 Å². The van der Waals surface area contributed by atoms with Gasteiger partial charge in [0.2, 0.25) is 10.0 Å². The van der Waals surface area contributed by atoms with Gasteiger partial charge in [-0.15, -0.1) is 0 Å². The molecule has 8 heteroatoms. The highest BCUT2D eigenvalue weighted by molar-refractivity contribution is 7.89. The third-order valence-corrected chi connectivity index (χ3v) is 6.73. The number of carboxylic acids is 1. The van der Waals surface area contributed by atoms with Gasteiger partial charge in [0.1, 0.15) is 10.9 Å². The number of benzene rings is 1. The van der Waals surface area contributed by atoms with Crippen LogP contribution in [0.5, 0.6) is 5.75 Å². The minimum Gasteiger partial charge on any atom is -0.494 e. The van der Waals surface area contributed by atoms with Crippen molar-refractivity contribution in [1.82, 2.24) is 4.31 Å². The van der Waals surface area contributed by atoms with Crippen LogP contribution in [-0.4, -0.2) is 43.5 Å². The van der Waals surface area contributed by atoms with Crippen molar-refractivity contribution in [2.75, 3.05) is 13.7 Å². The lowest BCUT2D eigenvalue weighted by Crippen LogP contribution is -2.68. The summed E-state index contributed by atoms with van der Waals surface area (Å²) in [5, 5.41) is 9.49. The van der Waals surface area contributed by atoms with Gasteiger partial charge in [0.15, 0.2) is 11.6 Å². The van der Waals surface area contributed by atoms with Gasteiger partial charge in [0, 0.05) is 12.0 Å². The molecule has 1 spiro atoms. The molecule has 0 radical (unpaired) electrons. The molecule has 1 aliphatic carbocycles. The molecular formula is C15H18FNO5S. The summed E-state index contributed by atoms with van der Waals surface area (Å²) in [7, 11) is -2.98. The molecule has 1 saturated heterocycles. The molecule has 6 nitrogen and oxygen atoms in total. The molecule has 1 aromatic carbocycles. The normalized spacial score (nSPS) is 23.7. The van der Waals surface area contributed by atoms with Crippen molar-refractivity contribution in [1.29, 1.82) is 0 Å². The first-order valence-electron chi connectivity index (χ1n) is 7.41. The minimum absolute atomic E-state index is 0.128. The van der Waals surface area contributed by atoms with E-state index in [9.17, 15) is 22.7 Å². The maximum Gasteiger partial charge on any atom is 0.322 e. The molecule has 1 unspecified atom stereocenters. The van der Waals surface area contributed by atoms with Gasteiger partial charge in [0.05, 0.1) is 7.11 Å². The molecule has 1 N–H and O–H groups in total. The number of hydrogen-bond donors (Lipinski definition) is 1. The van der Waals surface area contributed by atoms with Crippen LogP contribution in [0.3, 0.4) is 0 Å². The van der Waals surface area contributed by atoms with Crippen molar-refractivity contribution in [3.8, 4) is 5.75 Å². The fourth-order valence-corrected chi connectivity index (χ4v) is 5.62. The summed E-state index contributed by atoms with van der Waals surface area (Å²) in [5.74, 6) is -2.36. The van der Waals surface area contributed by atoms with Gasteiger partial charge in [-0.05, 0) is 25.0 Å². The Labute approximate surface area is 133 Å². The Hall–Kier alpha value is -1.67. The van der Waals surface area contributed by atoms with Crippen LogP contribution in [0, 0.1) is 11.2 Å². The van der Waals surface area contributed by atoms with Crippen LogP contribution in [-0.2, 0) is 14.8 Å². The SMILES string of the molecule is COc1cccc(S(=O)(=O)N2CC3(CCCC3)C2C(=O)O)c1F. The third-order valence-electron chi connectivity index (χ3n) is 4.91. The van der Waals surface area contributed by atoms with E-state index in [1.54, 1.807) is 0 Å². The number of carboxylic acid groups (broad SMARTS) is 1. The fourth-order valence-electron chi connectivity index (χ4n) is 3.77. The Kier molecular flexibility index (Phi) is 3.84. The number of halogens is 1. The first-order valence-corrected chi connectivity index (χ1v) is 8.85. The highest BCUT2D eigenvalue weighted by Crippen LogP contribution is 2.52. The Morgan fingerprint density at radius 1 is 1.39 bits per heavy atom. The number of aliphatic carboxylic acids is 1. The lowest BCUT2D eigenvalue weighted by atomic mass is 9.72. The average Bonchev–Trinajstić information content (AvgIpc) is 2.95. The Balaban J connectivity index is 1.99. The smallest absolute Gasteiger partial charge is 0.322 e. The van der Waals surface area contributed by atoms with Gasteiger partial charge < -0.3 is 9.84 Å². The van der Waals surface area contributed by atoms with Gasteiger partial charge in [0.25, 0.3) is 0 Å². The van der Waals surface area contributed by atoms with Crippen molar-refractivity contribution < 1.29 is 27.4 Å². The largest absolute Gasteiger partial charge is 0.494 e. The number of rotatable bonds is 4. The lowest BCUT2D eigenvalue weighted by Gasteiger charge is -2.52. The minimum atomic E-state index is -4.23. The second-order valence-electron chi connectivity index (χ2n) is 6.13. The molecule has 0 bridgehead atoms. The molecule has 0 amide bonds. The van der Waals surface area contributed by atoms with Gasteiger partial charge >= 0.3 is 5.97 Å². The maximum absolute atomic E-state index is 14.3. The van der Waals surface area contributed by atoms with Gasteiger partial charge in [-0.3, -0.25) is 4.79 Å². The monoisotopic (exact) mass is 343 g/mol. The highest BCUT2D eigenvalue weighted by atomic mass is 32.2. The standard InChI is InChI=1S/C15H18FNO5S/c1-22-10-5-4-6-11(12(10)16)23(20,21)17-9-15(7-2-3-8-15)13(17)14(18)19/h4-6,13H,2-3,7-9H2,1H3,(H,18,19). The van der Waals surface area contributed by atoms with Gasteiger partial charge in [-0.25, -0.2) is 12.8 Å². The second kappa shape index (κ2) is 5.45. The first-order chi connectivity index (χ1) is 10.8. The van der Waals surface area contributed by atoms with E-state index in [0.717, 1.165) is 23.2 Å². The predicted molar refractivity (Wildman–Crippen MR) is 79.2 cm³/mol. The van der Waals surface area contributed by atoms with Crippen LogP contribution in [0.25, 0.3) is 0 Å². The summed E-state index contributed by atoms with van der Waals surface area (Å²) >= 11 is 0. The van der Waals surface area contributed by atoms with E-state index < -0.39 is 38.2 Å². The summed E-state index contributed by atoms with van der Waals surface area (Å²) in [5.41, 5.74) is -0.506. The molecule has 0 aromatic heterocycles. The lowest BCUT2D eigenvalue weighted by molar-refractivity contribution is -0.155. The molecule has 1 saturated carbocycles. The van der Waals surface area contributed by atoms with E-state index in [1.165, 1.54) is 19.2 Å². The molecule has 1 aliphatic heterocycles. The molecular weight excluding hydrogens is 325 g/mol. The number of hydrogen-bond acceptors (Lipinski definition) is 4. The summed E-state index contributed by atoms with van der Waals surface area (Å²) in [6, 6.07) is 2.69. The fraction of sp³-hybridized carbons (Fsp3) is 0.533. The quantitative estimate of drug-likeness (QED) is 0.902. The number of methoxy groups -OCH3 is 1. The van der Waals surface area contributed by atoms with Crippen molar-refractivity contribution in [3.05, 3.63) is 24.0 Å². The van der Waals surface area contributed by atoms with Crippen LogP contribution < -0.4 is 4.74 Å². The molecule has 23 heavy (non-hydrogen) atoms. The molecule has 2 fully saturated rings. The maximum atomic E-state index is 14.3. The summed E-state index contributed by atoms with van der Waals surface area (Å²) in [6.07, 6.45) is 3.17. The van der Waals surface area contributed by atoms with Gasteiger partial charge in [-0.1, -0.05) is 18.9 Å². The second-order valence-corrected chi connectivity index (χ2v) is 7.99. The molecule has 3 rings (SSSR count). The van der Waals surface area contributed by atoms with Crippen LogP contribution in [0.2, 0.25) is 0 Å². The third kappa shape index (κ3) is 2.31. The van der Waals surface area contributed by atoms with E-state index >= 15 is 0 Å². The van der Waals surface area contributed by atoms with Crippen LogP contribution in [0.4, 0.5) is 4.39 Å². The summed E-state index contributed by atoms with van der Waals surface area (Å²) < 4.78 is 45.5. The first kappa shape index (κ1) is 16.2. The predicted octanol–water partition coefficient (Wildman–Crippen LogP) is 1.85.